The number of sulfonamides is 1. The Bertz CT molecular complexity index is 831. The zero-order valence-electron chi connectivity index (χ0n) is 17.0. The maximum absolute atomic E-state index is 13.2. The van der Waals surface area contributed by atoms with Gasteiger partial charge >= 0.3 is 0 Å². The summed E-state index contributed by atoms with van der Waals surface area (Å²) >= 11 is 0. The van der Waals surface area contributed by atoms with Crippen LogP contribution in [-0.4, -0.2) is 56.3 Å². The minimum Gasteiger partial charge on any atom is -0.370 e. The number of nitrogens with one attached hydrogen (secondary N) is 2. The summed E-state index contributed by atoms with van der Waals surface area (Å²) < 4.78 is 28.0. The van der Waals surface area contributed by atoms with Crippen LogP contribution in [0.25, 0.3) is 0 Å². The zero-order valence-corrected chi connectivity index (χ0v) is 17.8. The highest BCUT2D eigenvalue weighted by molar-refractivity contribution is 7.89. The van der Waals surface area contributed by atoms with Crippen molar-refractivity contribution in [1.29, 1.82) is 0 Å². The molecular weight excluding hydrogens is 372 g/mol. The van der Waals surface area contributed by atoms with Gasteiger partial charge in [-0.05, 0) is 62.8 Å². The number of hydrogen-bond acceptors (Lipinski definition) is 5. The Labute approximate surface area is 168 Å². The van der Waals surface area contributed by atoms with Gasteiger partial charge in [-0.1, -0.05) is 18.9 Å². The number of amidine groups is 1. The van der Waals surface area contributed by atoms with Crippen LogP contribution in [0, 0.1) is 13.8 Å². The van der Waals surface area contributed by atoms with Crippen LogP contribution < -0.4 is 10.6 Å². The monoisotopic (exact) mass is 404 g/mol. The van der Waals surface area contributed by atoms with Gasteiger partial charge in [0.25, 0.3) is 0 Å². The molecule has 154 valence electrons. The molecule has 0 unspecified atom stereocenters. The van der Waals surface area contributed by atoms with Crippen molar-refractivity contribution in [3.8, 4) is 0 Å². The van der Waals surface area contributed by atoms with Gasteiger partial charge in [-0.3, -0.25) is 4.99 Å². The third kappa shape index (κ3) is 3.84. The Morgan fingerprint density at radius 3 is 2.39 bits per heavy atom. The molecule has 2 N–H and O–H groups in total. The molecule has 1 spiro atoms. The Morgan fingerprint density at radius 1 is 1.11 bits per heavy atom. The Hall–Kier alpha value is -1.44. The quantitative estimate of drug-likeness (QED) is 0.811. The van der Waals surface area contributed by atoms with Crippen LogP contribution in [0.5, 0.6) is 0 Å². The topological polar surface area (TPSA) is 73.8 Å². The number of benzene rings is 1. The summed E-state index contributed by atoms with van der Waals surface area (Å²) in [5, 5.41) is 7.37. The van der Waals surface area contributed by atoms with E-state index in [1.165, 1.54) is 25.7 Å². The van der Waals surface area contributed by atoms with Crippen LogP contribution >= 0.6 is 0 Å². The first-order valence-electron chi connectivity index (χ1n) is 10.5. The molecule has 0 aromatic heterocycles. The number of aliphatic imine (C=N–C) groups is 1. The highest BCUT2D eigenvalue weighted by Gasteiger charge is 2.43. The van der Waals surface area contributed by atoms with Gasteiger partial charge in [0.05, 0.1) is 17.0 Å². The maximum atomic E-state index is 13.2. The van der Waals surface area contributed by atoms with Crippen molar-refractivity contribution < 1.29 is 8.42 Å². The van der Waals surface area contributed by atoms with Crippen molar-refractivity contribution in [1.82, 2.24) is 14.9 Å². The Morgan fingerprint density at radius 2 is 1.75 bits per heavy atom. The molecule has 0 amide bonds. The number of hydrogen-bond donors (Lipinski definition) is 2. The first kappa shape index (κ1) is 19.9. The van der Waals surface area contributed by atoms with Crippen LogP contribution in [-0.2, 0) is 10.0 Å². The van der Waals surface area contributed by atoms with Gasteiger partial charge in [0.2, 0.25) is 10.0 Å². The first-order chi connectivity index (χ1) is 13.4. The standard InChI is InChI=1S/C21H32N4O2S/c1-16-13-17(2)15-19(14-16)28(26,27)25-11-7-21(8-12-25)20(22-9-10-23-21)24-18-5-3-4-6-18/h13-15,18,23H,3-12H2,1-2H3,(H,22,24). The number of rotatable bonds is 3. The highest BCUT2D eigenvalue weighted by atomic mass is 32.2. The van der Waals surface area contributed by atoms with Crippen molar-refractivity contribution in [2.24, 2.45) is 4.99 Å². The average molecular weight is 405 g/mol. The minimum absolute atomic E-state index is 0.199. The number of nitrogens with zero attached hydrogens (tertiary/aromatic N) is 2. The van der Waals surface area contributed by atoms with E-state index in [-0.39, 0.29) is 5.54 Å². The van der Waals surface area contributed by atoms with E-state index in [1.807, 2.05) is 19.9 Å². The lowest BCUT2D eigenvalue weighted by Crippen LogP contribution is -2.65. The lowest BCUT2D eigenvalue weighted by molar-refractivity contribution is 0.240. The van der Waals surface area contributed by atoms with Gasteiger partial charge in [0.15, 0.2) is 0 Å². The molecule has 7 heteroatoms. The summed E-state index contributed by atoms with van der Waals surface area (Å²) in [6, 6.07) is 6.08. The lowest BCUT2D eigenvalue weighted by atomic mass is 9.85. The van der Waals surface area contributed by atoms with E-state index in [0.717, 1.165) is 42.9 Å². The van der Waals surface area contributed by atoms with Gasteiger partial charge in [-0.25, -0.2) is 8.42 Å². The van der Waals surface area contributed by atoms with Crippen molar-refractivity contribution in [3.63, 3.8) is 0 Å². The normalized spacial score (nSPS) is 23.7. The summed E-state index contributed by atoms with van der Waals surface area (Å²) in [5.74, 6) is 1.06. The molecule has 1 aromatic carbocycles. The molecule has 1 saturated carbocycles. The average Bonchev–Trinajstić information content (AvgIpc) is 3.17. The largest absolute Gasteiger partial charge is 0.370 e. The molecule has 4 rings (SSSR count). The molecule has 3 aliphatic rings. The lowest BCUT2D eigenvalue weighted by Gasteiger charge is -2.45. The fourth-order valence-corrected chi connectivity index (χ4v) is 6.53. The van der Waals surface area contributed by atoms with Gasteiger partial charge in [0, 0.05) is 25.7 Å². The molecule has 1 aliphatic carbocycles. The molecule has 6 nitrogen and oxygen atoms in total. The van der Waals surface area contributed by atoms with Gasteiger partial charge < -0.3 is 10.6 Å². The van der Waals surface area contributed by atoms with E-state index in [9.17, 15) is 8.42 Å². The van der Waals surface area contributed by atoms with Gasteiger partial charge in [-0.2, -0.15) is 4.31 Å². The third-order valence-corrected chi connectivity index (χ3v) is 8.28. The predicted octanol–water partition coefficient (Wildman–Crippen LogP) is 2.36. The van der Waals surface area contributed by atoms with Gasteiger partial charge in [0.1, 0.15) is 5.84 Å². The molecule has 1 aromatic rings. The molecule has 2 fully saturated rings. The van der Waals surface area contributed by atoms with Crippen LogP contribution in [0.1, 0.15) is 49.7 Å². The summed E-state index contributed by atoms with van der Waals surface area (Å²) in [6.45, 7) is 6.59. The van der Waals surface area contributed by atoms with Crippen LogP contribution in [0.2, 0.25) is 0 Å². The highest BCUT2D eigenvalue weighted by Crippen LogP contribution is 2.30. The summed E-state index contributed by atoms with van der Waals surface area (Å²) in [5.41, 5.74) is 1.77. The van der Waals surface area contributed by atoms with Gasteiger partial charge in [-0.15, -0.1) is 0 Å². The number of aryl methyl sites for hydroxylation is 2. The molecule has 2 heterocycles. The van der Waals surface area contributed by atoms with E-state index in [1.54, 1.807) is 16.4 Å². The molecule has 28 heavy (non-hydrogen) atoms. The van der Waals surface area contributed by atoms with Crippen LogP contribution in [0.3, 0.4) is 0 Å². The second-order valence-corrected chi connectivity index (χ2v) is 10.5. The molecule has 0 atom stereocenters. The van der Waals surface area contributed by atoms with Crippen molar-refractivity contribution in [2.45, 2.75) is 68.8 Å². The van der Waals surface area contributed by atoms with Crippen molar-refractivity contribution in [3.05, 3.63) is 29.3 Å². The van der Waals surface area contributed by atoms with E-state index in [0.29, 0.717) is 24.0 Å². The molecule has 1 saturated heterocycles. The molecule has 0 bridgehead atoms. The third-order valence-electron chi connectivity index (χ3n) is 6.40. The zero-order chi connectivity index (χ0) is 19.8. The smallest absolute Gasteiger partial charge is 0.243 e. The second-order valence-electron chi connectivity index (χ2n) is 8.59. The summed E-state index contributed by atoms with van der Waals surface area (Å²) in [6.07, 6.45) is 6.51. The summed E-state index contributed by atoms with van der Waals surface area (Å²) in [4.78, 5) is 5.23. The Kier molecular flexibility index (Phi) is 5.51. The van der Waals surface area contributed by atoms with E-state index < -0.39 is 10.0 Å². The van der Waals surface area contributed by atoms with Crippen molar-refractivity contribution in [2.75, 3.05) is 26.2 Å². The Balaban J connectivity index is 1.49. The minimum atomic E-state index is -3.46. The van der Waals surface area contributed by atoms with E-state index >= 15 is 0 Å². The number of piperidine rings is 1. The maximum Gasteiger partial charge on any atom is 0.243 e. The second kappa shape index (κ2) is 7.76. The SMILES string of the molecule is Cc1cc(C)cc(S(=O)(=O)N2CCC3(CC2)NCCN=C3NC2CCCC2)c1. The van der Waals surface area contributed by atoms with E-state index in [4.69, 9.17) is 4.99 Å². The fourth-order valence-electron chi connectivity index (χ4n) is 4.90. The molecular formula is C21H32N4O2S. The molecule has 0 radical (unpaired) electrons. The van der Waals surface area contributed by atoms with Crippen molar-refractivity contribution >= 4 is 15.9 Å². The van der Waals surface area contributed by atoms with E-state index in [2.05, 4.69) is 10.6 Å². The van der Waals surface area contributed by atoms with Crippen LogP contribution in [0.4, 0.5) is 0 Å². The van der Waals surface area contributed by atoms with Crippen LogP contribution in [0.15, 0.2) is 28.1 Å². The first-order valence-corrected chi connectivity index (χ1v) is 12.0. The summed E-state index contributed by atoms with van der Waals surface area (Å²) in [7, 11) is -3.46. The predicted molar refractivity (Wildman–Crippen MR) is 112 cm³/mol. The molecule has 2 aliphatic heterocycles. The fraction of sp³-hybridized carbons (Fsp3) is 0.667.